The molecule has 2 fully saturated rings. The fraction of sp³-hybridized carbons (Fsp3) is 1.00. The van der Waals surface area contributed by atoms with Crippen LogP contribution in [-0.2, 0) is 0 Å². The molecule has 0 aromatic rings. The fourth-order valence-corrected chi connectivity index (χ4v) is 4.92. The number of rotatable bonds is 3. The standard InChI is InChI=1S/C18H36N2/c1-6-16-8-7-14(2)20(16)18(13-19)11-9-15(10-12-18)17(3,4)5/h14-16H,6-13,19H2,1-5H3. The smallest absolute Gasteiger partial charge is 0.0337 e. The summed E-state index contributed by atoms with van der Waals surface area (Å²) in [6.07, 6.45) is 9.37. The lowest BCUT2D eigenvalue weighted by atomic mass is 9.66. The lowest BCUT2D eigenvalue weighted by molar-refractivity contribution is -0.00893. The summed E-state index contributed by atoms with van der Waals surface area (Å²) in [5.41, 5.74) is 7.07. The van der Waals surface area contributed by atoms with Crippen molar-refractivity contribution < 1.29 is 0 Å². The molecule has 1 heterocycles. The van der Waals surface area contributed by atoms with E-state index in [4.69, 9.17) is 5.73 Å². The predicted molar refractivity (Wildman–Crippen MR) is 87.8 cm³/mol. The minimum absolute atomic E-state index is 0.304. The summed E-state index contributed by atoms with van der Waals surface area (Å²) in [5, 5.41) is 0. The van der Waals surface area contributed by atoms with E-state index in [1.807, 2.05) is 0 Å². The van der Waals surface area contributed by atoms with Crippen LogP contribution in [0.2, 0.25) is 0 Å². The van der Waals surface area contributed by atoms with Crippen LogP contribution in [-0.4, -0.2) is 29.1 Å². The molecule has 1 aliphatic heterocycles. The van der Waals surface area contributed by atoms with Crippen molar-refractivity contribution in [3.8, 4) is 0 Å². The Kier molecular flexibility index (Phi) is 4.86. The maximum atomic E-state index is 6.31. The fourth-order valence-electron chi connectivity index (χ4n) is 4.92. The molecule has 2 nitrogen and oxygen atoms in total. The Hall–Kier alpha value is -0.0800. The molecule has 2 aliphatic rings. The van der Waals surface area contributed by atoms with E-state index in [-0.39, 0.29) is 0 Å². The summed E-state index contributed by atoms with van der Waals surface area (Å²) in [7, 11) is 0. The van der Waals surface area contributed by atoms with E-state index in [0.29, 0.717) is 11.0 Å². The third-order valence-electron chi connectivity index (χ3n) is 6.33. The SMILES string of the molecule is CCC1CCC(C)N1C1(CN)CCC(C(C)(C)C)CC1. The van der Waals surface area contributed by atoms with E-state index in [1.54, 1.807) is 0 Å². The van der Waals surface area contributed by atoms with Gasteiger partial charge >= 0.3 is 0 Å². The molecule has 2 rings (SSSR count). The van der Waals surface area contributed by atoms with Gasteiger partial charge in [0, 0.05) is 24.2 Å². The van der Waals surface area contributed by atoms with Gasteiger partial charge in [0.15, 0.2) is 0 Å². The van der Waals surface area contributed by atoms with Crippen molar-refractivity contribution in [1.82, 2.24) is 4.90 Å². The maximum Gasteiger partial charge on any atom is 0.0337 e. The lowest BCUT2D eigenvalue weighted by Gasteiger charge is -2.52. The van der Waals surface area contributed by atoms with Crippen LogP contribution in [0.25, 0.3) is 0 Å². The van der Waals surface area contributed by atoms with Gasteiger partial charge in [0.05, 0.1) is 0 Å². The highest BCUT2D eigenvalue weighted by Crippen LogP contribution is 2.46. The highest BCUT2D eigenvalue weighted by Gasteiger charge is 2.47. The Bertz CT molecular complexity index is 310. The number of hydrogen-bond acceptors (Lipinski definition) is 2. The summed E-state index contributed by atoms with van der Waals surface area (Å²) in [6.45, 7) is 12.8. The topological polar surface area (TPSA) is 29.3 Å². The molecule has 1 saturated heterocycles. The van der Waals surface area contributed by atoms with Crippen molar-refractivity contribution >= 4 is 0 Å². The molecule has 0 aromatic heterocycles. The number of nitrogens with zero attached hydrogens (tertiary/aromatic N) is 1. The van der Waals surface area contributed by atoms with Crippen LogP contribution in [0.1, 0.15) is 79.6 Å². The largest absolute Gasteiger partial charge is 0.329 e. The predicted octanol–water partition coefficient (Wildman–Crippen LogP) is 4.18. The first-order valence-corrected chi connectivity index (χ1v) is 8.82. The van der Waals surface area contributed by atoms with Crippen LogP contribution < -0.4 is 5.73 Å². The molecule has 1 aliphatic carbocycles. The Labute approximate surface area is 126 Å². The normalized spacial score (nSPS) is 40.2. The second-order valence-corrected chi connectivity index (χ2v) is 8.46. The third kappa shape index (κ3) is 2.92. The average Bonchev–Trinajstić information content (AvgIpc) is 2.79. The van der Waals surface area contributed by atoms with Gasteiger partial charge in [-0.3, -0.25) is 4.90 Å². The highest BCUT2D eigenvalue weighted by molar-refractivity contribution is 5.03. The molecule has 0 amide bonds. The van der Waals surface area contributed by atoms with E-state index in [0.717, 1.165) is 24.5 Å². The van der Waals surface area contributed by atoms with Gasteiger partial charge in [-0.2, -0.15) is 0 Å². The molecule has 2 heteroatoms. The zero-order valence-electron chi connectivity index (χ0n) is 14.4. The quantitative estimate of drug-likeness (QED) is 0.840. The van der Waals surface area contributed by atoms with Crippen LogP contribution in [0.5, 0.6) is 0 Å². The summed E-state index contributed by atoms with van der Waals surface area (Å²) >= 11 is 0. The molecule has 2 N–H and O–H groups in total. The van der Waals surface area contributed by atoms with E-state index >= 15 is 0 Å². The second kappa shape index (κ2) is 5.96. The first kappa shape index (κ1) is 16.3. The first-order valence-electron chi connectivity index (χ1n) is 8.82. The van der Waals surface area contributed by atoms with Crippen LogP contribution in [0.3, 0.4) is 0 Å². The Balaban J connectivity index is 2.12. The van der Waals surface area contributed by atoms with Gasteiger partial charge in [-0.25, -0.2) is 0 Å². The molecular formula is C18H36N2. The van der Waals surface area contributed by atoms with Crippen LogP contribution in [0, 0.1) is 11.3 Å². The van der Waals surface area contributed by atoms with E-state index in [9.17, 15) is 0 Å². The van der Waals surface area contributed by atoms with E-state index in [1.165, 1.54) is 44.9 Å². The summed E-state index contributed by atoms with van der Waals surface area (Å²) in [4.78, 5) is 2.84. The van der Waals surface area contributed by atoms with Crippen molar-refractivity contribution in [2.75, 3.05) is 6.54 Å². The van der Waals surface area contributed by atoms with Crippen molar-refractivity contribution in [3.05, 3.63) is 0 Å². The van der Waals surface area contributed by atoms with Crippen LogP contribution in [0.4, 0.5) is 0 Å². The number of likely N-dealkylation sites (tertiary alicyclic amines) is 1. The van der Waals surface area contributed by atoms with Crippen molar-refractivity contribution in [3.63, 3.8) is 0 Å². The lowest BCUT2D eigenvalue weighted by Crippen LogP contribution is -2.59. The molecular weight excluding hydrogens is 244 g/mol. The molecule has 2 unspecified atom stereocenters. The Morgan fingerprint density at radius 3 is 2.15 bits per heavy atom. The summed E-state index contributed by atoms with van der Waals surface area (Å²) in [6, 6.07) is 1.51. The van der Waals surface area contributed by atoms with E-state index in [2.05, 4.69) is 39.5 Å². The van der Waals surface area contributed by atoms with Crippen LogP contribution in [0.15, 0.2) is 0 Å². The van der Waals surface area contributed by atoms with Gasteiger partial charge in [0.25, 0.3) is 0 Å². The van der Waals surface area contributed by atoms with Gasteiger partial charge in [-0.15, -0.1) is 0 Å². The van der Waals surface area contributed by atoms with Gasteiger partial charge < -0.3 is 5.73 Å². The van der Waals surface area contributed by atoms with Crippen LogP contribution >= 0.6 is 0 Å². The Morgan fingerprint density at radius 2 is 1.70 bits per heavy atom. The minimum Gasteiger partial charge on any atom is -0.329 e. The number of hydrogen-bond donors (Lipinski definition) is 1. The molecule has 118 valence electrons. The maximum absolute atomic E-state index is 6.31. The summed E-state index contributed by atoms with van der Waals surface area (Å²) in [5.74, 6) is 0.875. The molecule has 2 atom stereocenters. The second-order valence-electron chi connectivity index (χ2n) is 8.46. The molecule has 0 aromatic carbocycles. The molecule has 1 saturated carbocycles. The minimum atomic E-state index is 0.304. The highest BCUT2D eigenvalue weighted by atomic mass is 15.3. The molecule has 0 radical (unpaired) electrons. The van der Waals surface area contributed by atoms with Gasteiger partial charge in [0.1, 0.15) is 0 Å². The van der Waals surface area contributed by atoms with Gasteiger partial charge in [-0.05, 0) is 63.2 Å². The van der Waals surface area contributed by atoms with E-state index < -0.39 is 0 Å². The van der Waals surface area contributed by atoms with Gasteiger partial charge in [0.2, 0.25) is 0 Å². The average molecular weight is 280 g/mol. The summed E-state index contributed by atoms with van der Waals surface area (Å²) < 4.78 is 0. The van der Waals surface area contributed by atoms with Crippen molar-refractivity contribution in [2.45, 2.75) is 97.2 Å². The molecule has 20 heavy (non-hydrogen) atoms. The monoisotopic (exact) mass is 280 g/mol. The number of nitrogens with two attached hydrogens (primary N) is 1. The zero-order chi connectivity index (χ0) is 15.0. The first-order chi connectivity index (χ1) is 9.34. The molecule has 0 spiro atoms. The zero-order valence-corrected chi connectivity index (χ0v) is 14.4. The van der Waals surface area contributed by atoms with Crippen molar-refractivity contribution in [2.24, 2.45) is 17.1 Å². The third-order valence-corrected chi connectivity index (χ3v) is 6.33. The van der Waals surface area contributed by atoms with Crippen molar-refractivity contribution in [1.29, 1.82) is 0 Å². The Morgan fingerprint density at radius 1 is 1.10 bits per heavy atom. The molecule has 0 bridgehead atoms. The van der Waals surface area contributed by atoms with Gasteiger partial charge in [-0.1, -0.05) is 27.7 Å².